The fourth-order valence-electron chi connectivity index (χ4n) is 5.21. The summed E-state index contributed by atoms with van der Waals surface area (Å²) in [4.78, 5) is 10.0. The normalized spacial score (nSPS) is 16.7. The molecule has 2 atom stereocenters. The molecule has 1 saturated heterocycles. The van der Waals surface area contributed by atoms with Gasteiger partial charge in [0.2, 0.25) is 0 Å². The predicted molar refractivity (Wildman–Crippen MR) is 145 cm³/mol. The zero-order valence-corrected chi connectivity index (χ0v) is 21.9. The molecule has 1 aliphatic rings. The average molecular weight is 537 g/mol. The Hall–Kier alpha value is -2.89. The molecule has 2 unspecified atom stereocenters. The van der Waals surface area contributed by atoms with Gasteiger partial charge >= 0.3 is 0 Å². The summed E-state index contributed by atoms with van der Waals surface area (Å²) in [6.45, 7) is 1.49. The summed E-state index contributed by atoms with van der Waals surface area (Å²) in [5.41, 5.74) is 13.7. The quantitative estimate of drug-likeness (QED) is 0.258. The first kappa shape index (κ1) is 25.7. The highest BCUT2D eigenvalue weighted by Crippen LogP contribution is 2.36. The number of hydrogen-bond donors (Lipinski definition) is 2. The minimum absolute atomic E-state index is 0.00673. The van der Waals surface area contributed by atoms with Crippen molar-refractivity contribution < 1.29 is 17.5 Å². The van der Waals surface area contributed by atoms with Gasteiger partial charge in [0, 0.05) is 34.6 Å². The lowest BCUT2D eigenvalue weighted by Gasteiger charge is -2.31. The molecule has 4 aromatic rings. The standard InChI is InChI=1S/C27H30N4O4S2/c28-22-5-4-21(13-18-2-1-3-19(12-18)16-36(32)33)24(14-22)23-6-9-29-27-25(23)15-26(30-27)20-7-10-31(11-8-20)17-37(34)35/h1-6,9,12,14-15,20H,7-8,10-11,13,16-17,28H2,(H,29,30)(H,32,33)(H,34,35)/p-2. The van der Waals surface area contributed by atoms with E-state index in [1.807, 2.05) is 53.4 Å². The largest absolute Gasteiger partial charge is 0.772 e. The molecule has 8 nitrogen and oxygen atoms in total. The Morgan fingerprint density at radius 3 is 2.51 bits per heavy atom. The van der Waals surface area contributed by atoms with Crippen LogP contribution in [0.2, 0.25) is 0 Å². The third-order valence-electron chi connectivity index (χ3n) is 6.96. The van der Waals surface area contributed by atoms with Crippen molar-refractivity contribution in [1.82, 2.24) is 14.9 Å². The second kappa shape index (κ2) is 11.2. The summed E-state index contributed by atoms with van der Waals surface area (Å²) in [7, 11) is 0. The summed E-state index contributed by atoms with van der Waals surface area (Å²) < 4.78 is 44.4. The van der Waals surface area contributed by atoms with E-state index in [4.69, 9.17) is 5.73 Å². The van der Waals surface area contributed by atoms with Crippen molar-refractivity contribution in [2.24, 2.45) is 0 Å². The maximum atomic E-state index is 11.2. The van der Waals surface area contributed by atoms with Crippen molar-refractivity contribution in [3.05, 3.63) is 83.2 Å². The molecule has 0 spiro atoms. The lowest BCUT2D eigenvalue weighted by Crippen LogP contribution is -2.35. The number of nitrogens with one attached hydrogen (secondary N) is 1. The molecule has 2 aromatic heterocycles. The van der Waals surface area contributed by atoms with Crippen LogP contribution in [0.4, 0.5) is 5.69 Å². The van der Waals surface area contributed by atoms with Crippen LogP contribution in [0, 0.1) is 0 Å². The summed E-state index contributed by atoms with van der Waals surface area (Å²) >= 11 is -4.19. The fraction of sp³-hybridized carbons (Fsp3) is 0.296. The number of nitrogens with two attached hydrogens (primary N) is 1. The second-order valence-electron chi connectivity index (χ2n) is 9.53. The number of likely N-dealkylation sites (tertiary alicyclic amines) is 1. The SMILES string of the molecule is Nc1ccc(Cc2cccc(CS(=O)[O-])c2)c(-c2ccnc3[nH]c(C4CCN(CS(=O)[O-])CC4)cc23)c1. The molecule has 37 heavy (non-hydrogen) atoms. The van der Waals surface area contributed by atoms with Gasteiger partial charge in [-0.3, -0.25) is 13.3 Å². The molecule has 3 N–H and O–H groups in total. The summed E-state index contributed by atoms with van der Waals surface area (Å²) in [5.74, 6) is 0.391. The van der Waals surface area contributed by atoms with Crippen molar-refractivity contribution in [2.75, 3.05) is 24.7 Å². The third-order valence-corrected chi connectivity index (χ3v) is 8.11. The van der Waals surface area contributed by atoms with E-state index in [1.54, 1.807) is 6.20 Å². The Labute approximate surface area is 220 Å². The lowest BCUT2D eigenvalue weighted by molar-refractivity contribution is 0.238. The smallest absolute Gasteiger partial charge is 0.138 e. The molecule has 5 rings (SSSR count). The molecular weight excluding hydrogens is 508 g/mol. The molecule has 1 fully saturated rings. The zero-order chi connectivity index (χ0) is 25.9. The van der Waals surface area contributed by atoms with Crippen LogP contribution in [0.3, 0.4) is 0 Å². The number of piperidine rings is 1. The lowest BCUT2D eigenvalue weighted by atomic mass is 9.91. The molecule has 0 aliphatic carbocycles. The van der Waals surface area contributed by atoms with E-state index >= 15 is 0 Å². The maximum absolute atomic E-state index is 11.2. The molecule has 0 bridgehead atoms. The number of rotatable bonds is 8. The number of pyridine rings is 1. The summed E-state index contributed by atoms with van der Waals surface area (Å²) in [5, 5.41) is 1.02. The fourth-order valence-corrected chi connectivity index (χ4v) is 6.22. The van der Waals surface area contributed by atoms with Crippen LogP contribution in [0.5, 0.6) is 0 Å². The molecule has 0 radical (unpaired) electrons. The van der Waals surface area contributed by atoms with Crippen molar-refractivity contribution in [2.45, 2.75) is 30.9 Å². The topological polar surface area (TPSA) is 138 Å². The highest BCUT2D eigenvalue weighted by Gasteiger charge is 2.23. The van der Waals surface area contributed by atoms with Crippen LogP contribution in [-0.2, 0) is 34.3 Å². The number of fused-ring (bicyclic) bond motifs is 1. The molecule has 194 valence electrons. The Bertz CT molecular complexity index is 1460. The van der Waals surface area contributed by atoms with Crippen LogP contribution in [0.15, 0.2) is 60.8 Å². The number of benzene rings is 2. The van der Waals surface area contributed by atoms with Crippen molar-refractivity contribution in [3.63, 3.8) is 0 Å². The first-order valence-corrected chi connectivity index (χ1v) is 14.6. The van der Waals surface area contributed by atoms with Crippen molar-refractivity contribution in [3.8, 4) is 11.1 Å². The van der Waals surface area contributed by atoms with E-state index in [9.17, 15) is 17.5 Å². The average Bonchev–Trinajstić information content (AvgIpc) is 3.30. The number of nitrogen functional groups attached to an aromatic ring is 1. The van der Waals surface area contributed by atoms with Gasteiger partial charge < -0.3 is 19.8 Å². The van der Waals surface area contributed by atoms with Crippen LogP contribution in [0.25, 0.3) is 22.2 Å². The van der Waals surface area contributed by atoms with Gasteiger partial charge in [0.1, 0.15) is 5.65 Å². The number of hydrogen-bond acceptors (Lipinski definition) is 7. The molecule has 3 heterocycles. The molecule has 2 aromatic carbocycles. The van der Waals surface area contributed by atoms with Crippen molar-refractivity contribution in [1.29, 1.82) is 0 Å². The van der Waals surface area contributed by atoms with E-state index in [1.165, 1.54) is 0 Å². The van der Waals surface area contributed by atoms with Gasteiger partial charge in [0.05, 0.1) is 5.88 Å². The number of aromatic nitrogens is 2. The number of aromatic amines is 1. The van der Waals surface area contributed by atoms with Gasteiger partial charge in [-0.2, -0.15) is 0 Å². The zero-order valence-electron chi connectivity index (χ0n) is 20.2. The van der Waals surface area contributed by atoms with Crippen molar-refractivity contribution >= 4 is 38.9 Å². The Morgan fingerprint density at radius 1 is 0.973 bits per heavy atom. The summed E-state index contributed by atoms with van der Waals surface area (Å²) in [6.07, 6.45) is 4.19. The minimum Gasteiger partial charge on any atom is -0.772 e. The molecule has 0 amide bonds. The molecule has 10 heteroatoms. The first-order chi connectivity index (χ1) is 17.9. The predicted octanol–water partition coefficient (Wildman–Crippen LogP) is 3.80. The van der Waals surface area contributed by atoms with Gasteiger partial charge in [-0.1, -0.05) is 41.4 Å². The molecular formula is C27H28N4O4S2-2. The number of anilines is 1. The number of H-pyrrole nitrogens is 1. The van der Waals surface area contributed by atoms with Crippen LogP contribution in [-0.4, -0.2) is 51.4 Å². The van der Waals surface area contributed by atoms with E-state index in [0.29, 0.717) is 18.0 Å². The van der Waals surface area contributed by atoms with Crippen LogP contribution >= 0.6 is 0 Å². The van der Waals surface area contributed by atoms with E-state index in [-0.39, 0.29) is 11.6 Å². The maximum Gasteiger partial charge on any atom is 0.138 e. The first-order valence-electron chi connectivity index (χ1n) is 12.1. The minimum atomic E-state index is -2.14. The summed E-state index contributed by atoms with van der Waals surface area (Å²) in [6, 6.07) is 17.7. The van der Waals surface area contributed by atoms with Gasteiger partial charge in [0.15, 0.2) is 0 Å². The van der Waals surface area contributed by atoms with E-state index in [2.05, 4.69) is 16.0 Å². The van der Waals surface area contributed by atoms with Gasteiger partial charge in [-0.25, -0.2) is 4.98 Å². The number of nitrogens with zero attached hydrogens (tertiary/aromatic N) is 2. The van der Waals surface area contributed by atoms with Crippen LogP contribution < -0.4 is 5.73 Å². The van der Waals surface area contributed by atoms with Gasteiger partial charge in [-0.05, 0) is 95.5 Å². The Balaban J connectivity index is 1.45. The van der Waals surface area contributed by atoms with Crippen LogP contribution in [0.1, 0.15) is 41.1 Å². The van der Waals surface area contributed by atoms with Gasteiger partial charge in [-0.15, -0.1) is 0 Å². The van der Waals surface area contributed by atoms with Gasteiger partial charge in [0.25, 0.3) is 0 Å². The Morgan fingerprint density at radius 2 is 1.76 bits per heavy atom. The molecule has 0 saturated carbocycles. The third kappa shape index (κ3) is 6.16. The monoisotopic (exact) mass is 536 g/mol. The highest BCUT2D eigenvalue weighted by atomic mass is 32.2. The molecule has 1 aliphatic heterocycles. The Kier molecular flexibility index (Phi) is 7.82. The van der Waals surface area contributed by atoms with E-state index in [0.717, 1.165) is 70.5 Å². The van der Waals surface area contributed by atoms with E-state index < -0.39 is 22.2 Å². The highest BCUT2D eigenvalue weighted by molar-refractivity contribution is 7.79. The second-order valence-corrected chi connectivity index (χ2v) is 11.3.